The average Bonchev–Trinajstić information content (AvgIpc) is 3.21. The normalized spacial score (nSPS) is 13.9. The molecule has 40 heavy (non-hydrogen) atoms. The first-order chi connectivity index (χ1) is 18.9. The minimum atomic E-state index is -4.57. The molecule has 0 spiro atoms. The van der Waals surface area contributed by atoms with Crippen LogP contribution in [0.25, 0.3) is 21.8 Å². The first-order valence-electron chi connectivity index (χ1n) is 12.8. The molecule has 0 aliphatic rings. The third kappa shape index (κ3) is 5.15. The van der Waals surface area contributed by atoms with Crippen LogP contribution in [0.3, 0.4) is 0 Å². The zero-order valence-corrected chi connectivity index (χ0v) is 26.5. The van der Waals surface area contributed by atoms with Crippen molar-refractivity contribution >= 4 is 71.9 Å². The highest BCUT2D eigenvalue weighted by Gasteiger charge is 2.41. The number of para-hydroxylation sites is 1. The van der Waals surface area contributed by atoms with Gasteiger partial charge in [0, 0.05) is 43.3 Å². The van der Waals surface area contributed by atoms with E-state index in [1.54, 1.807) is 12.1 Å². The molecule has 208 valence electrons. The van der Waals surface area contributed by atoms with Crippen molar-refractivity contribution in [2.75, 3.05) is 0 Å². The first-order valence-corrected chi connectivity index (χ1v) is 16.0. The van der Waals surface area contributed by atoms with Gasteiger partial charge < -0.3 is 9.09 Å². The van der Waals surface area contributed by atoms with E-state index in [0.29, 0.717) is 10.2 Å². The molecule has 1 unspecified atom stereocenters. The summed E-state index contributed by atoms with van der Waals surface area (Å²) in [5.74, 6) is 0.510. The largest absolute Gasteiger partial charge is 0.454 e. The number of benzene rings is 4. The number of alkyl halides is 3. The Labute approximate surface area is 248 Å². The van der Waals surface area contributed by atoms with Crippen LogP contribution in [0, 0.1) is 0 Å². The van der Waals surface area contributed by atoms with Crippen LogP contribution in [0.2, 0.25) is 0 Å². The Morgan fingerprint density at radius 2 is 1.50 bits per heavy atom. The lowest BCUT2D eigenvalue weighted by Crippen LogP contribution is -2.27. The Morgan fingerprint density at radius 3 is 2.17 bits per heavy atom. The Balaban J connectivity index is 1.90. The summed E-state index contributed by atoms with van der Waals surface area (Å²) < 4.78 is 58.2. The maximum atomic E-state index is 14.2. The standard InChI is InChI=1S/C31H28Br2F3N2OP/c1-5-38-27-13-9-6-10-22(27)23-19-21(15-16-28(23)38)40(30(2,3)4,39-29-17-14-20(32)18-25(29)33)37-26-12-8-7-11-24(26)31(34,35)36/h6-19H,5H2,1-4H3. The molecule has 0 radical (unpaired) electrons. The van der Waals surface area contributed by atoms with Gasteiger partial charge in [-0.25, -0.2) is 4.74 Å². The van der Waals surface area contributed by atoms with Crippen LogP contribution >= 0.6 is 39.1 Å². The summed E-state index contributed by atoms with van der Waals surface area (Å²) in [5, 5.41) is 2.18. The number of halogens is 5. The third-order valence-electron chi connectivity index (χ3n) is 6.91. The SMILES string of the molecule is CCn1c2ccccc2c2cc(P(=Nc3ccccc3C(F)(F)F)(Oc3ccc(Br)cc3Br)C(C)(C)C)ccc21. The highest BCUT2D eigenvalue weighted by atomic mass is 79.9. The molecule has 0 amide bonds. The van der Waals surface area contributed by atoms with E-state index < -0.39 is 24.2 Å². The molecule has 1 aromatic heterocycles. The number of nitrogens with zero attached hydrogens (tertiary/aromatic N) is 2. The molecule has 1 heterocycles. The number of aromatic nitrogens is 1. The first kappa shape index (κ1) is 29.0. The van der Waals surface area contributed by atoms with E-state index >= 15 is 0 Å². The van der Waals surface area contributed by atoms with Gasteiger partial charge in [-0.15, -0.1) is 0 Å². The van der Waals surface area contributed by atoms with E-state index in [2.05, 4.69) is 61.5 Å². The van der Waals surface area contributed by atoms with Crippen molar-refractivity contribution in [1.82, 2.24) is 4.57 Å². The third-order valence-corrected chi connectivity index (χ3v) is 11.8. The van der Waals surface area contributed by atoms with Crippen LogP contribution in [0.5, 0.6) is 5.75 Å². The Morgan fingerprint density at radius 1 is 0.825 bits per heavy atom. The van der Waals surface area contributed by atoms with E-state index in [9.17, 15) is 13.2 Å². The van der Waals surface area contributed by atoms with Crippen LogP contribution in [-0.2, 0) is 12.7 Å². The van der Waals surface area contributed by atoms with Crippen molar-refractivity contribution < 1.29 is 17.7 Å². The van der Waals surface area contributed by atoms with Gasteiger partial charge in [-0.1, -0.05) is 67.0 Å². The number of aryl methyl sites for hydroxylation is 1. The van der Waals surface area contributed by atoms with Gasteiger partial charge in [0.2, 0.25) is 0 Å². The van der Waals surface area contributed by atoms with E-state index in [1.165, 1.54) is 12.1 Å². The molecule has 9 heteroatoms. The fourth-order valence-corrected chi connectivity index (χ4v) is 9.39. The molecule has 3 nitrogen and oxygen atoms in total. The minimum absolute atomic E-state index is 0.137. The van der Waals surface area contributed by atoms with Crippen LogP contribution in [0.15, 0.2) is 98.6 Å². The molecular weight excluding hydrogens is 664 g/mol. The Bertz CT molecular complexity index is 1790. The summed E-state index contributed by atoms with van der Waals surface area (Å²) in [6.45, 7) is 8.82. The number of hydrogen-bond donors (Lipinski definition) is 0. The molecule has 0 bridgehead atoms. The lowest BCUT2D eigenvalue weighted by Gasteiger charge is -2.37. The van der Waals surface area contributed by atoms with Gasteiger partial charge in [-0.05, 0) is 77.5 Å². The van der Waals surface area contributed by atoms with Gasteiger partial charge in [0.25, 0.3) is 0 Å². The van der Waals surface area contributed by atoms with Crippen molar-refractivity contribution in [2.24, 2.45) is 4.74 Å². The molecule has 0 fully saturated rings. The van der Waals surface area contributed by atoms with Crippen molar-refractivity contribution in [3.63, 3.8) is 0 Å². The smallest absolute Gasteiger partial charge is 0.418 e. The highest BCUT2D eigenvalue weighted by molar-refractivity contribution is 9.11. The minimum Gasteiger partial charge on any atom is -0.454 e. The lowest BCUT2D eigenvalue weighted by molar-refractivity contribution is -0.137. The Hall–Kier alpha value is -2.54. The molecule has 0 aliphatic heterocycles. The van der Waals surface area contributed by atoms with Crippen LogP contribution in [0.1, 0.15) is 33.3 Å². The molecule has 0 saturated carbocycles. The van der Waals surface area contributed by atoms with Crippen molar-refractivity contribution in [1.29, 1.82) is 0 Å². The van der Waals surface area contributed by atoms with Gasteiger partial charge in [0.1, 0.15) is 5.75 Å². The van der Waals surface area contributed by atoms with Crippen molar-refractivity contribution in [2.45, 2.75) is 45.6 Å². The van der Waals surface area contributed by atoms with Crippen LogP contribution < -0.4 is 9.83 Å². The maximum Gasteiger partial charge on any atom is 0.418 e. The second-order valence-electron chi connectivity index (χ2n) is 10.5. The van der Waals surface area contributed by atoms with Crippen molar-refractivity contribution in [3.8, 4) is 5.75 Å². The number of hydrogen-bond acceptors (Lipinski definition) is 2. The summed E-state index contributed by atoms with van der Waals surface area (Å²) in [4.78, 5) is 0. The zero-order chi connectivity index (χ0) is 28.9. The van der Waals surface area contributed by atoms with Crippen LogP contribution in [0.4, 0.5) is 18.9 Å². The average molecular weight is 692 g/mol. The molecule has 4 aromatic carbocycles. The number of rotatable bonds is 5. The summed E-state index contributed by atoms with van der Waals surface area (Å²) in [5.41, 5.74) is 1.24. The second kappa shape index (κ2) is 10.7. The highest BCUT2D eigenvalue weighted by Crippen LogP contribution is 2.63. The second-order valence-corrected chi connectivity index (χ2v) is 15.7. The van der Waals surface area contributed by atoms with Crippen molar-refractivity contribution in [3.05, 3.63) is 99.4 Å². The van der Waals surface area contributed by atoms with Gasteiger partial charge >= 0.3 is 6.18 Å². The molecule has 5 aromatic rings. The maximum absolute atomic E-state index is 14.2. The Kier molecular flexibility index (Phi) is 7.75. The van der Waals surface area contributed by atoms with E-state index in [1.807, 2.05) is 57.2 Å². The molecule has 0 N–H and O–H groups in total. The predicted molar refractivity (Wildman–Crippen MR) is 167 cm³/mol. The fourth-order valence-electron chi connectivity index (χ4n) is 5.02. The van der Waals surface area contributed by atoms with E-state index in [4.69, 9.17) is 9.27 Å². The molecule has 0 aliphatic carbocycles. The molecule has 5 rings (SSSR count). The summed E-state index contributed by atoms with van der Waals surface area (Å²) in [6, 6.07) is 25.2. The van der Waals surface area contributed by atoms with E-state index in [-0.39, 0.29) is 5.69 Å². The summed E-state index contributed by atoms with van der Waals surface area (Å²) >= 11 is 7.07. The molecular formula is C31H28Br2F3N2OP. The monoisotopic (exact) mass is 690 g/mol. The fraction of sp³-hybridized carbons (Fsp3) is 0.226. The van der Waals surface area contributed by atoms with E-state index in [0.717, 1.165) is 44.2 Å². The summed E-state index contributed by atoms with van der Waals surface area (Å²) in [7, 11) is -3.23. The van der Waals surface area contributed by atoms with Gasteiger partial charge in [-0.3, -0.25) is 0 Å². The van der Waals surface area contributed by atoms with Gasteiger partial charge in [0.15, 0.2) is 7.28 Å². The molecule has 0 saturated heterocycles. The molecule has 1 atom stereocenters. The lowest BCUT2D eigenvalue weighted by atomic mass is 10.1. The quantitative estimate of drug-likeness (QED) is 0.169. The topological polar surface area (TPSA) is 26.5 Å². The number of fused-ring (bicyclic) bond motifs is 3. The van der Waals surface area contributed by atoms with Crippen LogP contribution in [-0.4, -0.2) is 9.72 Å². The van der Waals surface area contributed by atoms with Gasteiger partial charge in [0.05, 0.1) is 15.7 Å². The predicted octanol–water partition coefficient (Wildman–Crippen LogP) is 11.3. The van der Waals surface area contributed by atoms with Gasteiger partial charge in [-0.2, -0.15) is 13.2 Å². The summed E-state index contributed by atoms with van der Waals surface area (Å²) in [6.07, 6.45) is -4.57. The zero-order valence-electron chi connectivity index (χ0n) is 22.4.